The number of hydrogen-bond acceptors (Lipinski definition) is 4. The van der Waals surface area contributed by atoms with Crippen molar-refractivity contribution in [3.8, 4) is 0 Å². The number of sulfonamides is 1. The van der Waals surface area contributed by atoms with Crippen molar-refractivity contribution in [2.75, 3.05) is 0 Å². The summed E-state index contributed by atoms with van der Waals surface area (Å²) in [7, 11) is -4.02. The predicted octanol–water partition coefficient (Wildman–Crippen LogP) is -0.398. The highest BCUT2D eigenvalue weighted by Gasteiger charge is 2.27. The van der Waals surface area contributed by atoms with Crippen LogP contribution in [0.2, 0.25) is 0 Å². The SMILES string of the molecule is Cc1ccccc1S(=O)(=O)N[C@H](CC(N)=O)C(=O)O. The third-order valence-electron chi connectivity index (χ3n) is 2.38. The van der Waals surface area contributed by atoms with E-state index in [1.165, 1.54) is 12.1 Å². The lowest BCUT2D eigenvalue weighted by Gasteiger charge is -2.14. The Morgan fingerprint density at radius 1 is 1.37 bits per heavy atom. The summed E-state index contributed by atoms with van der Waals surface area (Å²) in [4.78, 5) is 21.6. The van der Waals surface area contributed by atoms with Gasteiger partial charge in [-0.2, -0.15) is 4.72 Å². The highest BCUT2D eigenvalue weighted by molar-refractivity contribution is 7.89. The number of carboxylic acid groups (broad SMARTS) is 1. The van der Waals surface area contributed by atoms with Crippen molar-refractivity contribution >= 4 is 21.9 Å². The Balaban J connectivity index is 3.04. The van der Waals surface area contributed by atoms with Crippen LogP contribution in [0.15, 0.2) is 29.2 Å². The number of amides is 1. The summed E-state index contributed by atoms with van der Waals surface area (Å²) >= 11 is 0. The molecule has 1 amide bonds. The van der Waals surface area contributed by atoms with Crippen LogP contribution in [0.5, 0.6) is 0 Å². The standard InChI is InChI=1S/C11H14N2O5S/c1-7-4-2-3-5-9(7)19(17,18)13-8(11(15)16)6-10(12)14/h2-5,8,13H,6H2,1H3,(H2,12,14)(H,15,16)/t8-/m1/s1. The van der Waals surface area contributed by atoms with Gasteiger partial charge in [-0.05, 0) is 18.6 Å². The van der Waals surface area contributed by atoms with Gasteiger partial charge in [-0.1, -0.05) is 18.2 Å². The van der Waals surface area contributed by atoms with Gasteiger partial charge < -0.3 is 10.8 Å². The van der Waals surface area contributed by atoms with E-state index < -0.39 is 34.4 Å². The van der Waals surface area contributed by atoms with Crippen LogP contribution in [-0.4, -0.2) is 31.4 Å². The Hall–Kier alpha value is -1.93. The molecule has 0 heterocycles. The molecule has 1 rings (SSSR count). The fourth-order valence-electron chi connectivity index (χ4n) is 1.49. The molecule has 0 saturated heterocycles. The number of benzene rings is 1. The number of nitrogens with two attached hydrogens (primary N) is 1. The highest BCUT2D eigenvalue weighted by Crippen LogP contribution is 2.14. The molecule has 0 aliphatic carbocycles. The molecule has 7 nitrogen and oxygen atoms in total. The molecule has 0 fully saturated rings. The first kappa shape index (κ1) is 15.1. The Bertz CT molecular complexity index is 597. The van der Waals surface area contributed by atoms with Crippen molar-refractivity contribution < 1.29 is 23.1 Å². The van der Waals surface area contributed by atoms with Gasteiger partial charge >= 0.3 is 5.97 Å². The molecule has 0 saturated carbocycles. The molecule has 0 aliphatic heterocycles. The van der Waals surface area contributed by atoms with Gasteiger partial charge in [-0.15, -0.1) is 0 Å². The van der Waals surface area contributed by atoms with Crippen molar-refractivity contribution in [1.82, 2.24) is 4.72 Å². The summed E-state index contributed by atoms with van der Waals surface area (Å²) in [5.41, 5.74) is 5.35. The second-order valence-electron chi connectivity index (χ2n) is 3.95. The average molecular weight is 286 g/mol. The van der Waals surface area contributed by atoms with Crippen LogP contribution in [0.4, 0.5) is 0 Å². The number of aliphatic carboxylic acids is 1. The van der Waals surface area contributed by atoms with E-state index in [0.717, 1.165) is 0 Å². The number of rotatable bonds is 6. The van der Waals surface area contributed by atoms with Crippen molar-refractivity contribution in [2.24, 2.45) is 5.73 Å². The first-order valence-corrected chi connectivity index (χ1v) is 6.81. The maximum atomic E-state index is 12.0. The molecule has 19 heavy (non-hydrogen) atoms. The van der Waals surface area contributed by atoms with Gasteiger partial charge in [0.05, 0.1) is 11.3 Å². The molecule has 0 radical (unpaired) electrons. The third kappa shape index (κ3) is 4.04. The number of carbonyl (C=O) groups is 2. The van der Waals surface area contributed by atoms with Crippen LogP contribution in [-0.2, 0) is 19.6 Å². The zero-order valence-electron chi connectivity index (χ0n) is 10.2. The van der Waals surface area contributed by atoms with Gasteiger partial charge in [0.25, 0.3) is 0 Å². The van der Waals surface area contributed by atoms with Gasteiger partial charge in [-0.25, -0.2) is 8.42 Å². The average Bonchev–Trinajstić information content (AvgIpc) is 2.27. The van der Waals surface area contributed by atoms with Gasteiger partial charge in [0.1, 0.15) is 6.04 Å². The molecule has 104 valence electrons. The minimum atomic E-state index is -4.02. The summed E-state index contributed by atoms with van der Waals surface area (Å²) in [6.07, 6.45) is -0.611. The molecule has 0 aromatic heterocycles. The van der Waals surface area contributed by atoms with Gasteiger partial charge in [0.15, 0.2) is 0 Å². The first-order chi connectivity index (χ1) is 8.74. The Morgan fingerprint density at radius 3 is 2.42 bits per heavy atom. The largest absolute Gasteiger partial charge is 0.480 e. The number of aryl methyl sites for hydroxylation is 1. The summed E-state index contributed by atoms with van der Waals surface area (Å²) in [6, 6.07) is 4.53. The van der Waals surface area contributed by atoms with E-state index in [1.54, 1.807) is 19.1 Å². The molecule has 8 heteroatoms. The van der Waals surface area contributed by atoms with E-state index in [2.05, 4.69) is 0 Å². The van der Waals surface area contributed by atoms with E-state index >= 15 is 0 Å². The van der Waals surface area contributed by atoms with Gasteiger partial charge in [0.2, 0.25) is 15.9 Å². The van der Waals surface area contributed by atoms with Crippen molar-refractivity contribution in [2.45, 2.75) is 24.3 Å². The quantitative estimate of drug-likeness (QED) is 0.656. The minimum Gasteiger partial charge on any atom is -0.480 e. The Labute approximate surface area is 110 Å². The molecule has 0 aliphatic rings. The molecule has 0 unspecified atom stereocenters. The lowest BCUT2D eigenvalue weighted by atomic mass is 10.2. The molecular weight excluding hydrogens is 272 g/mol. The third-order valence-corrected chi connectivity index (χ3v) is 4.02. The second-order valence-corrected chi connectivity index (χ2v) is 5.63. The Kier molecular flexibility index (Phi) is 4.62. The minimum absolute atomic E-state index is 0.0364. The summed E-state index contributed by atoms with van der Waals surface area (Å²) in [5, 5.41) is 8.87. The van der Waals surface area contributed by atoms with Gasteiger partial charge in [-0.3, -0.25) is 9.59 Å². The zero-order chi connectivity index (χ0) is 14.6. The summed E-state index contributed by atoms with van der Waals surface area (Å²) in [5.74, 6) is -2.36. The molecule has 1 aromatic carbocycles. The van der Waals surface area contributed by atoms with Crippen LogP contribution in [0, 0.1) is 6.92 Å². The summed E-state index contributed by atoms with van der Waals surface area (Å²) < 4.78 is 26.0. The number of carbonyl (C=O) groups excluding carboxylic acids is 1. The van der Waals surface area contributed by atoms with Crippen molar-refractivity contribution in [3.63, 3.8) is 0 Å². The van der Waals surface area contributed by atoms with E-state index in [9.17, 15) is 18.0 Å². The van der Waals surface area contributed by atoms with Crippen molar-refractivity contribution in [1.29, 1.82) is 0 Å². The molecule has 0 spiro atoms. The summed E-state index contributed by atoms with van der Waals surface area (Å²) in [6.45, 7) is 1.58. The molecule has 0 bridgehead atoms. The zero-order valence-corrected chi connectivity index (χ0v) is 11.0. The predicted molar refractivity (Wildman–Crippen MR) is 66.7 cm³/mol. The lowest BCUT2D eigenvalue weighted by molar-refractivity contribution is -0.140. The lowest BCUT2D eigenvalue weighted by Crippen LogP contribution is -2.43. The normalized spacial score (nSPS) is 12.9. The van der Waals surface area contributed by atoms with Crippen molar-refractivity contribution in [3.05, 3.63) is 29.8 Å². The second kappa shape index (κ2) is 5.81. The maximum Gasteiger partial charge on any atom is 0.322 e. The van der Waals surface area contributed by atoms with E-state index in [1.807, 2.05) is 4.72 Å². The van der Waals surface area contributed by atoms with Gasteiger partial charge in [0, 0.05) is 0 Å². The van der Waals surface area contributed by atoms with Crippen LogP contribution in [0.1, 0.15) is 12.0 Å². The van der Waals surface area contributed by atoms with E-state index in [4.69, 9.17) is 10.8 Å². The van der Waals surface area contributed by atoms with Crippen LogP contribution < -0.4 is 10.5 Å². The number of primary amides is 1. The molecule has 4 N–H and O–H groups in total. The first-order valence-electron chi connectivity index (χ1n) is 5.33. The number of nitrogens with one attached hydrogen (secondary N) is 1. The molecule has 1 aromatic rings. The Morgan fingerprint density at radius 2 is 1.95 bits per heavy atom. The molecular formula is C11H14N2O5S. The topological polar surface area (TPSA) is 127 Å². The highest BCUT2D eigenvalue weighted by atomic mass is 32.2. The monoisotopic (exact) mass is 286 g/mol. The number of hydrogen-bond donors (Lipinski definition) is 3. The molecule has 1 atom stereocenters. The fourth-order valence-corrected chi connectivity index (χ4v) is 2.92. The van der Waals surface area contributed by atoms with Crippen LogP contribution >= 0.6 is 0 Å². The van der Waals surface area contributed by atoms with E-state index in [-0.39, 0.29) is 4.90 Å². The van der Waals surface area contributed by atoms with Crippen LogP contribution in [0.3, 0.4) is 0 Å². The number of carboxylic acids is 1. The van der Waals surface area contributed by atoms with Crippen LogP contribution in [0.25, 0.3) is 0 Å². The fraction of sp³-hybridized carbons (Fsp3) is 0.273. The maximum absolute atomic E-state index is 12.0. The van der Waals surface area contributed by atoms with E-state index in [0.29, 0.717) is 5.56 Å². The smallest absolute Gasteiger partial charge is 0.322 e.